The van der Waals surface area contributed by atoms with E-state index in [1.807, 2.05) is 6.92 Å². The first kappa shape index (κ1) is 18.0. The van der Waals surface area contributed by atoms with E-state index in [1.54, 1.807) is 21.3 Å². The first-order valence-electron chi connectivity index (χ1n) is 8.63. The van der Waals surface area contributed by atoms with Gasteiger partial charge in [-0.2, -0.15) is 4.98 Å². The average molecular weight is 359 g/mol. The molecule has 0 spiro atoms. The maximum absolute atomic E-state index is 5.43. The summed E-state index contributed by atoms with van der Waals surface area (Å²) in [5.41, 5.74) is 2.51. The molecule has 1 aromatic carbocycles. The van der Waals surface area contributed by atoms with Crippen molar-refractivity contribution in [1.29, 1.82) is 0 Å². The van der Waals surface area contributed by atoms with E-state index in [4.69, 9.17) is 14.0 Å². The van der Waals surface area contributed by atoms with Crippen molar-refractivity contribution in [3.8, 4) is 11.5 Å². The number of aryl methyl sites for hydroxylation is 1. The summed E-state index contributed by atoms with van der Waals surface area (Å²) in [6.07, 6.45) is 1.59. The number of methoxy groups -OCH3 is 2. The molecule has 1 aliphatic rings. The van der Waals surface area contributed by atoms with Crippen LogP contribution in [-0.2, 0) is 19.4 Å². The van der Waals surface area contributed by atoms with Crippen LogP contribution in [0.2, 0.25) is 0 Å². The van der Waals surface area contributed by atoms with Crippen molar-refractivity contribution in [2.45, 2.75) is 26.3 Å². The molecule has 140 valence electrons. The van der Waals surface area contributed by atoms with Crippen molar-refractivity contribution >= 4 is 5.96 Å². The van der Waals surface area contributed by atoms with E-state index >= 15 is 0 Å². The Balaban J connectivity index is 1.64. The third kappa shape index (κ3) is 3.89. The van der Waals surface area contributed by atoms with Gasteiger partial charge in [-0.3, -0.25) is 4.99 Å². The molecule has 1 aromatic heterocycles. The SMILES string of the molecule is CN=C(NCCc1nc(C)no1)N1CCc2cc(OC)c(OC)cc2C1. The lowest BCUT2D eigenvalue weighted by Crippen LogP contribution is -2.44. The minimum absolute atomic E-state index is 0.631. The lowest BCUT2D eigenvalue weighted by Gasteiger charge is -2.32. The van der Waals surface area contributed by atoms with Crippen LogP contribution in [0.5, 0.6) is 11.5 Å². The number of hydrogen-bond donors (Lipinski definition) is 1. The Hall–Kier alpha value is -2.77. The highest BCUT2D eigenvalue weighted by molar-refractivity contribution is 5.80. The van der Waals surface area contributed by atoms with Crippen LogP contribution in [0, 0.1) is 6.92 Å². The molecule has 0 atom stereocenters. The molecule has 0 radical (unpaired) electrons. The monoisotopic (exact) mass is 359 g/mol. The van der Waals surface area contributed by atoms with Crippen molar-refractivity contribution in [1.82, 2.24) is 20.4 Å². The molecule has 1 aliphatic heterocycles. The molecule has 2 aromatic rings. The fraction of sp³-hybridized carbons (Fsp3) is 0.500. The highest BCUT2D eigenvalue weighted by atomic mass is 16.5. The number of hydrogen-bond acceptors (Lipinski definition) is 6. The third-order valence-electron chi connectivity index (χ3n) is 4.42. The fourth-order valence-electron chi connectivity index (χ4n) is 3.12. The lowest BCUT2D eigenvalue weighted by molar-refractivity contribution is 0.345. The predicted molar refractivity (Wildman–Crippen MR) is 97.8 cm³/mol. The van der Waals surface area contributed by atoms with Crippen molar-refractivity contribution in [3.05, 3.63) is 35.0 Å². The molecule has 3 rings (SSSR count). The molecule has 0 fully saturated rings. The van der Waals surface area contributed by atoms with E-state index in [1.165, 1.54) is 11.1 Å². The maximum atomic E-state index is 5.43. The minimum Gasteiger partial charge on any atom is -0.493 e. The number of fused-ring (bicyclic) bond motifs is 1. The number of benzene rings is 1. The number of ether oxygens (including phenoxy) is 2. The summed E-state index contributed by atoms with van der Waals surface area (Å²) in [6.45, 7) is 4.16. The molecule has 0 aliphatic carbocycles. The zero-order valence-corrected chi connectivity index (χ0v) is 15.7. The van der Waals surface area contributed by atoms with Gasteiger partial charge in [-0.25, -0.2) is 0 Å². The Morgan fingerprint density at radius 1 is 1.27 bits per heavy atom. The molecule has 2 heterocycles. The molecule has 26 heavy (non-hydrogen) atoms. The van der Waals surface area contributed by atoms with Crippen LogP contribution in [0.25, 0.3) is 0 Å². The normalized spacial score (nSPS) is 14.2. The van der Waals surface area contributed by atoms with E-state index in [9.17, 15) is 0 Å². The molecule has 0 amide bonds. The molecular formula is C18H25N5O3. The molecule has 0 saturated carbocycles. The van der Waals surface area contributed by atoms with Gasteiger partial charge in [0.2, 0.25) is 5.89 Å². The van der Waals surface area contributed by atoms with Gasteiger partial charge >= 0.3 is 0 Å². The number of nitrogens with one attached hydrogen (secondary N) is 1. The summed E-state index contributed by atoms with van der Waals surface area (Å²) < 4.78 is 16.0. The van der Waals surface area contributed by atoms with Crippen LogP contribution in [0.4, 0.5) is 0 Å². The Labute approximate surface area is 153 Å². The first-order chi connectivity index (χ1) is 12.6. The van der Waals surface area contributed by atoms with Crippen LogP contribution in [-0.4, -0.2) is 55.4 Å². The highest BCUT2D eigenvalue weighted by Crippen LogP contribution is 2.33. The molecule has 1 N–H and O–H groups in total. The van der Waals surface area contributed by atoms with E-state index in [0.717, 1.165) is 37.0 Å². The molecule has 0 bridgehead atoms. The number of nitrogens with zero attached hydrogens (tertiary/aromatic N) is 4. The van der Waals surface area contributed by atoms with Crippen molar-refractivity contribution in [2.24, 2.45) is 4.99 Å². The van der Waals surface area contributed by atoms with Crippen LogP contribution in [0.15, 0.2) is 21.6 Å². The van der Waals surface area contributed by atoms with Crippen molar-refractivity contribution in [2.75, 3.05) is 34.4 Å². The number of aromatic nitrogens is 2. The quantitative estimate of drug-likeness (QED) is 0.641. The number of guanidine groups is 1. The third-order valence-corrected chi connectivity index (χ3v) is 4.42. The first-order valence-corrected chi connectivity index (χ1v) is 8.63. The second-order valence-corrected chi connectivity index (χ2v) is 6.11. The molecule has 8 heteroatoms. The van der Waals surface area contributed by atoms with E-state index in [0.29, 0.717) is 24.7 Å². The average Bonchev–Trinajstić information content (AvgIpc) is 3.08. The standard InChI is InChI=1S/C18H25N5O3/c1-12-21-17(26-22-12)5-7-20-18(19-2)23-8-6-13-9-15(24-3)16(25-4)10-14(13)11-23/h9-10H,5-8,11H2,1-4H3,(H,19,20). The Morgan fingerprint density at radius 2 is 2.00 bits per heavy atom. The van der Waals surface area contributed by atoms with Crippen LogP contribution in [0.1, 0.15) is 22.8 Å². The summed E-state index contributed by atoms with van der Waals surface area (Å²) in [7, 11) is 5.11. The topological polar surface area (TPSA) is 85.0 Å². The summed E-state index contributed by atoms with van der Waals surface area (Å²) in [6, 6.07) is 4.12. The van der Waals surface area contributed by atoms with E-state index in [-0.39, 0.29) is 0 Å². The predicted octanol–water partition coefficient (Wildman–Crippen LogP) is 1.57. The largest absolute Gasteiger partial charge is 0.493 e. The minimum atomic E-state index is 0.631. The van der Waals surface area contributed by atoms with Gasteiger partial charge in [0.1, 0.15) is 0 Å². The Kier molecular flexibility index (Phi) is 5.60. The molecule has 0 unspecified atom stereocenters. The summed E-state index contributed by atoms with van der Waals surface area (Å²) >= 11 is 0. The van der Waals surface area contributed by atoms with Crippen LogP contribution >= 0.6 is 0 Å². The van der Waals surface area contributed by atoms with Gasteiger partial charge in [0.05, 0.1) is 14.2 Å². The zero-order valence-electron chi connectivity index (χ0n) is 15.7. The van der Waals surface area contributed by atoms with Gasteiger partial charge in [0.25, 0.3) is 0 Å². The van der Waals surface area contributed by atoms with E-state index in [2.05, 4.69) is 37.5 Å². The Bertz CT molecular complexity index is 787. The molecule has 8 nitrogen and oxygen atoms in total. The van der Waals surface area contributed by atoms with Gasteiger partial charge in [0.15, 0.2) is 23.3 Å². The van der Waals surface area contributed by atoms with Crippen molar-refractivity contribution < 1.29 is 14.0 Å². The van der Waals surface area contributed by atoms with Crippen LogP contribution in [0.3, 0.4) is 0 Å². The Morgan fingerprint density at radius 3 is 2.62 bits per heavy atom. The zero-order chi connectivity index (χ0) is 18.5. The smallest absolute Gasteiger partial charge is 0.228 e. The van der Waals surface area contributed by atoms with Gasteiger partial charge in [-0.15, -0.1) is 0 Å². The second-order valence-electron chi connectivity index (χ2n) is 6.11. The maximum Gasteiger partial charge on any atom is 0.228 e. The van der Waals surface area contributed by atoms with Gasteiger partial charge < -0.3 is 24.2 Å². The van der Waals surface area contributed by atoms with Crippen molar-refractivity contribution in [3.63, 3.8) is 0 Å². The molecule has 0 saturated heterocycles. The van der Waals surface area contributed by atoms with Gasteiger partial charge in [0, 0.05) is 33.1 Å². The van der Waals surface area contributed by atoms with Crippen LogP contribution < -0.4 is 14.8 Å². The summed E-state index contributed by atoms with van der Waals surface area (Å²) in [5, 5.41) is 7.17. The van der Waals surface area contributed by atoms with Gasteiger partial charge in [-0.1, -0.05) is 5.16 Å². The number of aliphatic imine (C=N–C) groups is 1. The highest BCUT2D eigenvalue weighted by Gasteiger charge is 2.21. The summed E-state index contributed by atoms with van der Waals surface area (Å²) in [4.78, 5) is 10.8. The fourth-order valence-corrected chi connectivity index (χ4v) is 3.12. The lowest BCUT2D eigenvalue weighted by atomic mass is 9.99. The van der Waals surface area contributed by atoms with Gasteiger partial charge in [-0.05, 0) is 36.6 Å². The molecular weight excluding hydrogens is 334 g/mol. The summed E-state index contributed by atoms with van der Waals surface area (Å²) in [5.74, 6) is 3.68. The van der Waals surface area contributed by atoms with E-state index < -0.39 is 0 Å². The second kappa shape index (κ2) is 8.07. The number of rotatable bonds is 5.